The van der Waals surface area contributed by atoms with Crippen molar-refractivity contribution in [2.24, 2.45) is 0 Å². The van der Waals surface area contributed by atoms with Gasteiger partial charge in [-0.1, -0.05) is 36.8 Å². The average molecular weight is 314 g/mol. The largest absolute Gasteiger partial charge is 0.354 e. The molecule has 0 aliphatic heterocycles. The molecule has 1 amide bonds. The Labute approximate surface area is 135 Å². The van der Waals surface area contributed by atoms with Crippen LogP contribution in [0, 0.1) is 6.92 Å². The first-order valence-electron chi connectivity index (χ1n) is 7.82. The average Bonchev–Trinajstić information content (AvgIpc) is 2.54. The molecule has 2 rings (SSSR count). The maximum Gasteiger partial charge on any atom is 0.273 e. The molecule has 2 aromatic rings. The lowest BCUT2D eigenvalue weighted by atomic mass is 10.1. The summed E-state index contributed by atoms with van der Waals surface area (Å²) in [4.78, 5) is 26.6. The smallest absolute Gasteiger partial charge is 0.273 e. The molecule has 1 aromatic carbocycles. The first-order chi connectivity index (χ1) is 11.0. The molecule has 0 unspecified atom stereocenters. The first-order valence-corrected chi connectivity index (χ1v) is 7.82. The number of amides is 1. The normalized spacial score (nSPS) is 12.0. The third-order valence-electron chi connectivity index (χ3n) is 3.70. The number of benzene rings is 1. The van der Waals surface area contributed by atoms with E-state index in [1.54, 1.807) is 0 Å². The summed E-state index contributed by atoms with van der Waals surface area (Å²) >= 11 is 0. The molecular weight excluding hydrogens is 292 g/mol. The molecule has 0 spiro atoms. The minimum atomic E-state index is -0.299. The van der Waals surface area contributed by atoms with Gasteiger partial charge in [0.15, 0.2) is 5.82 Å². The second-order valence-electron chi connectivity index (χ2n) is 5.69. The van der Waals surface area contributed by atoms with Crippen molar-refractivity contribution >= 4 is 5.91 Å². The summed E-state index contributed by atoms with van der Waals surface area (Å²) in [6.45, 7) is 5.94. The molecule has 1 atom stereocenters. The summed E-state index contributed by atoms with van der Waals surface area (Å²) in [7, 11) is 0. The van der Waals surface area contributed by atoms with Crippen molar-refractivity contribution in [1.82, 2.24) is 20.5 Å². The zero-order valence-corrected chi connectivity index (χ0v) is 13.7. The highest BCUT2D eigenvalue weighted by atomic mass is 16.1. The van der Waals surface area contributed by atoms with E-state index in [9.17, 15) is 9.59 Å². The van der Waals surface area contributed by atoms with Gasteiger partial charge < -0.3 is 10.3 Å². The zero-order chi connectivity index (χ0) is 16.8. The van der Waals surface area contributed by atoms with Crippen LogP contribution in [0.4, 0.5) is 0 Å². The van der Waals surface area contributed by atoms with E-state index in [4.69, 9.17) is 0 Å². The van der Waals surface area contributed by atoms with Crippen molar-refractivity contribution in [3.63, 3.8) is 0 Å². The highest BCUT2D eigenvalue weighted by Gasteiger charge is 2.10. The summed E-state index contributed by atoms with van der Waals surface area (Å²) in [6, 6.07) is 7.80. The van der Waals surface area contributed by atoms with Crippen LogP contribution in [0.5, 0.6) is 0 Å². The van der Waals surface area contributed by atoms with Crippen LogP contribution in [-0.4, -0.2) is 27.1 Å². The Bertz CT molecular complexity index is 722. The standard InChI is InChI=1S/C17H22N4O2/c1-4-12(3)18-15(22)10-9-14-17(23)19-16(21-20-14)13-7-5-11(2)6-8-13/h5-8,12H,4,9-10H2,1-3H3,(H,18,22)(H,19,21,23)/t12-/m1/s1. The Hall–Kier alpha value is -2.50. The van der Waals surface area contributed by atoms with E-state index in [0.717, 1.165) is 17.5 Å². The number of aryl methyl sites for hydroxylation is 2. The number of H-pyrrole nitrogens is 1. The first kappa shape index (κ1) is 16.9. The number of aromatic amines is 1. The Morgan fingerprint density at radius 2 is 1.96 bits per heavy atom. The molecule has 0 saturated heterocycles. The highest BCUT2D eigenvalue weighted by molar-refractivity contribution is 5.76. The van der Waals surface area contributed by atoms with Gasteiger partial charge in [0.1, 0.15) is 5.69 Å². The molecule has 0 bridgehead atoms. The van der Waals surface area contributed by atoms with E-state index in [-0.39, 0.29) is 36.0 Å². The number of nitrogens with zero attached hydrogens (tertiary/aromatic N) is 2. The van der Waals surface area contributed by atoms with Crippen molar-refractivity contribution < 1.29 is 4.79 Å². The summed E-state index contributed by atoms with van der Waals surface area (Å²) in [6.07, 6.45) is 1.38. The molecule has 0 aliphatic carbocycles. The SMILES string of the molecule is CC[C@@H](C)NC(=O)CCc1nnc(-c2ccc(C)cc2)[nH]c1=O. The minimum Gasteiger partial charge on any atom is -0.354 e. The molecule has 6 heteroatoms. The van der Waals surface area contributed by atoms with E-state index >= 15 is 0 Å². The van der Waals surface area contributed by atoms with Gasteiger partial charge in [0.05, 0.1) is 0 Å². The van der Waals surface area contributed by atoms with Gasteiger partial charge >= 0.3 is 0 Å². The lowest BCUT2D eigenvalue weighted by Crippen LogP contribution is -2.32. The minimum absolute atomic E-state index is 0.0804. The molecule has 6 nitrogen and oxygen atoms in total. The van der Waals surface area contributed by atoms with E-state index in [1.807, 2.05) is 45.0 Å². The van der Waals surface area contributed by atoms with Gasteiger partial charge in [-0.3, -0.25) is 9.59 Å². The van der Waals surface area contributed by atoms with Crippen LogP contribution in [-0.2, 0) is 11.2 Å². The van der Waals surface area contributed by atoms with Crippen LogP contribution in [0.1, 0.15) is 37.9 Å². The molecule has 23 heavy (non-hydrogen) atoms. The number of nitrogens with one attached hydrogen (secondary N) is 2. The van der Waals surface area contributed by atoms with Crippen molar-refractivity contribution in [1.29, 1.82) is 0 Å². The van der Waals surface area contributed by atoms with Gasteiger partial charge in [-0.2, -0.15) is 0 Å². The summed E-state index contributed by atoms with van der Waals surface area (Å²) in [5, 5.41) is 10.9. The number of hydrogen-bond acceptors (Lipinski definition) is 4. The maximum atomic E-state index is 12.1. The van der Waals surface area contributed by atoms with Crippen molar-refractivity contribution in [3.8, 4) is 11.4 Å². The lowest BCUT2D eigenvalue weighted by molar-refractivity contribution is -0.121. The number of hydrogen-bond donors (Lipinski definition) is 2. The molecule has 0 radical (unpaired) electrons. The van der Waals surface area contributed by atoms with E-state index in [1.165, 1.54) is 0 Å². The van der Waals surface area contributed by atoms with E-state index in [0.29, 0.717) is 5.82 Å². The van der Waals surface area contributed by atoms with Gasteiger partial charge in [-0.15, -0.1) is 10.2 Å². The number of carbonyl (C=O) groups excluding carboxylic acids is 1. The summed E-state index contributed by atoms with van der Waals surface area (Å²) in [5.74, 6) is 0.353. The fourth-order valence-electron chi connectivity index (χ4n) is 2.05. The zero-order valence-electron chi connectivity index (χ0n) is 13.7. The molecule has 0 saturated carbocycles. The fourth-order valence-corrected chi connectivity index (χ4v) is 2.05. The third kappa shape index (κ3) is 4.74. The van der Waals surface area contributed by atoms with Crippen molar-refractivity contribution in [2.75, 3.05) is 0 Å². The lowest BCUT2D eigenvalue weighted by Gasteiger charge is -2.10. The molecule has 1 aromatic heterocycles. The van der Waals surface area contributed by atoms with Crippen LogP contribution in [0.15, 0.2) is 29.1 Å². The fraction of sp³-hybridized carbons (Fsp3) is 0.412. The molecule has 0 aliphatic rings. The number of carbonyl (C=O) groups is 1. The predicted octanol–water partition coefficient (Wildman–Crippen LogP) is 1.99. The molecular formula is C17H22N4O2. The van der Waals surface area contributed by atoms with Crippen molar-refractivity contribution in [2.45, 2.75) is 46.1 Å². The van der Waals surface area contributed by atoms with Crippen LogP contribution < -0.4 is 10.9 Å². The Morgan fingerprint density at radius 3 is 2.57 bits per heavy atom. The Balaban J connectivity index is 2.04. The van der Waals surface area contributed by atoms with E-state index < -0.39 is 0 Å². The van der Waals surface area contributed by atoms with Gasteiger partial charge in [0.2, 0.25) is 5.91 Å². The topological polar surface area (TPSA) is 87.7 Å². The highest BCUT2D eigenvalue weighted by Crippen LogP contribution is 2.13. The van der Waals surface area contributed by atoms with Gasteiger partial charge in [0, 0.05) is 24.4 Å². The second kappa shape index (κ2) is 7.67. The predicted molar refractivity (Wildman–Crippen MR) is 89.0 cm³/mol. The van der Waals surface area contributed by atoms with Crippen LogP contribution in [0.3, 0.4) is 0 Å². The Morgan fingerprint density at radius 1 is 1.26 bits per heavy atom. The van der Waals surface area contributed by atoms with Crippen molar-refractivity contribution in [3.05, 3.63) is 45.9 Å². The number of rotatable bonds is 6. The van der Waals surface area contributed by atoms with Gasteiger partial charge in [0.25, 0.3) is 5.56 Å². The molecule has 122 valence electrons. The number of aromatic nitrogens is 3. The quantitative estimate of drug-likeness (QED) is 0.853. The monoisotopic (exact) mass is 314 g/mol. The second-order valence-corrected chi connectivity index (χ2v) is 5.69. The van der Waals surface area contributed by atoms with Crippen LogP contribution >= 0.6 is 0 Å². The van der Waals surface area contributed by atoms with Crippen LogP contribution in [0.25, 0.3) is 11.4 Å². The molecule has 0 fully saturated rings. The molecule has 2 N–H and O–H groups in total. The van der Waals surface area contributed by atoms with E-state index in [2.05, 4.69) is 20.5 Å². The van der Waals surface area contributed by atoms with Crippen LogP contribution in [0.2, 0.25) is 0 Å². The van der Waals surface area contributed by atoms with Gasteiger partial charge in [-0.25, -0.2) is 0 Å². The summed E-state index contributed by atoms with van der Waals surface area (Å²) < 4.78 is 0. The summed E-state index contributed by atoms with van der Waals surface area (Å²) in [5.41, 5.74) is 1.92. The Kier molecular flexibility index (Phi) is 5.62. The third-order valence-corrected chi connectivity index (χ3v) is 3.70. The molecule has 1 heterocycles. The van der Waals surface area contributed by atoms with Gasteiger partial charge in [-0.05, 0) is 20.3 Å². The maximum absolute atomic E-state index is 12.1.